The van der Waals surface area contributed by atoms with E-state index in [9.17, 15) is 8.78 Å². The Hall–Kier alpha value is -2.06. The third-order valence-electron chi connectivity index (χ3n) is 5.47. The van der Waals surface area contributed by atoms with Crippen LogP contribution in [-0.4, -0.2) is 40.7 Å². The number of nitrogens with one attached hydrogen (secondary N) is 1. The molecule has 1 aliphatic heterocycles. The summed E-state index contributed by atoms with van der Waals surface area (Å²) >= 11 is 3.28. The average Bonchev–Trinajstić information content (AvgIpc) is 3.11. The number of nitrogens with zero attached hydrogens (tertiary/aromatic N) is 2. The summed E-state index contributed by atoms with van der Waals surface area (Å²) in [7, 11) is 1.45. The number of alkyl halides is 2. The van der Waals surface area contributed by atoms with E-state index in [4.69, 9.17) is 4.74 Å². The highest BCUT2D eigenvalue weighted by atomic mass is 79.9. The summed E-state index contributed by atoms with van der Waals surface area (Å²) < 4.78 is 49.4. The van der Waals surface area contributed by atoms with Crippen LogP contribution in [0, 0.1) is 5.82 Å². The minimum absolute atomic E-state index is 0.230. The number of aromatic amines is 1. The highest BCUT2D eigenvalue weighted by molar-refractivity contribution is 9.10. The van der Waals surface area contributed by atoms with Crippen LogP contribution >= 0.6 is 15.9 Å². The average molecular weight is 468 g/mol. The summed E-state index contributed by atoms with van der Waals surface area (Å²) in [6.45, 7) is 2.30. The van der Waals surface area contributed by atoms with Crippen molar-refractivity contribution in [3.63, 3.8) is 0 Å². The van der Waals surface area contributed by atoms with Gasteiger partial charge >= 0.3 is 0 Å². The number of H-pyrrole nitrogens is 1. The zero-order chi connectivity index (χ0) is 20.9. The molecule has 4 rings (SSSR count). The van der Waals surface area contributed by atoms with Gasteiger partial charge in [-0.3, -0.25) is 10.00 Å². The van der Waals surface area contributed by atoms with E-state index in [1.165, 1.54) is 13.2 Å². The lowest BCUT2D eigenvalue weighted by Crippen LogP contribution is -2.47. The number of halogens is 4. The summed E-state index contributed by atoms with van der Waals surface area (Å²) in [5.74, 6) is -3.11. The third-order valence-corrected chi connectivity index (χ3v) is 5.93. The van der Waals surface area contributed by atoms with Gasteiger partial charge in [0.05, 0.1) is 37.0 Å². The van der Waals surface area contributed by atoms with E-state index in [0.717, 1.165) is 29.0 Å². The Labute approximate surface area is 175 Å². The Bertz CT molecular complexity index is 1060. The van der Waals surface area contributed by atoms with Gasteiger partial charge in [0.25, 0.3) is 5.92 Å². The maximum Gasteiger partial charge on any atom is 0.257 e. The van der Waals surface area contributed by atoms with E-state index in [1.54, 1.807) is 17.2 Å². The van der Waals surface area contributed by atoms with Crippen molar-refractivity contribution in [2.24, 2.45) is 0 Å². The van der Waals surface area contributed by atoms with Crippen molar-refractivity contribution in [2.45, 2.75) is 38.3 Å². The minimum Gasteiger partial charge on any atom is -0.496 e. The summed E-state index contributed by atoms with van der Waals surface area (Å²) in [5, 5.41) is 7.98. The first-order valence-corrected chi connectivity index (χ1v) is 10.1. The quantitative estimate of drug-likeness (QED) is 0.553. The lowest BCUT2D eigenvalue weighted by molar-refractivity contribution is -0.0368. The van der Waals surface area contributed by atoms with Gasteiger partial charge < -0.3 is 4.74 Å². The second kappa shape index (κ2) is 7.32. The second-order valence-electron chi connectivity index (χ2n) is 7.67. The van der Waals surface area contributed by atoms with E-state index >= 15 is 4.39 Å². The molecule has 1 aromatic heterocycles. The minimum atomic E-state index is -2.93. The van der Waals surface area contributed by atoms with Crippen molar-refractivity contribution in [1.29, 1.82) is 0 Å². The van der Waals surface area contributed by atoms with Gasteiger partial charge in [-0.25, -0.2) is 13.2 Å². The normalized spacial score (nSPS) is 20.1. The lowest BCUT2D eigenvalue weighted by Gasteiger charge is -2.43. The first-order chi connectivity index (χ1) is 13.7. The molecule has 2 atom stereocenters. The van der Waals surface area contributed by atoms with Crippen LogP contribution in [0.2, 0.25) is 0 Å². The Balaban J connectivity index is 1.99. The zero-order valence-corrected chi connectivity index (χ0v) is 17.9. The number of rotatable bonds is 4. The number of hydrogen-bond donors (Lipinski definition) is 1. The van der Waals surface area contributed by atoms with Gasteiger partial charge in [-0.05, 0) is 42.7 Å². The fourth-order valence-electron chi connectivity index (χ4n) is 4.31. The molecule has 1 unspecified atom stereocenters. The fraction of sp³-hybridized carbons (Fsp3) is 0.381. The van der Waals surface area contributed by atoms with Crippen molar-refractivity contribution in [2.75, 3.05) is 13.7 Å². The standard InChI is InChI=1S/C21H21BrF3N3O/c1-11-6-14-13(4-5-17-15(14)9-26-27-17)20(28(11)10-21(2,24)25)19-16(23)7-12(22)8-18(19)29-3/h4-5,7-9,11,20H,6,10H2,1-3H3,(H,26,27)/t11-,20?/m1/s1. The molecule has 0 bridgehead atoms. The molecule has 0 saturated carbocycles. The molecule has 154 valence electrons. The molecule has 0 spiro atoms. The van der Waals surface area contributed by atoms with E-state index in [1.807, 2.05) is 19.1 Å². The van der Waals surface area contributed by atoms with E-state index in [-0.39, 0.29) is 11.6 Å². The van der Waals surface area contributed by atoms with Gasteiger partial charge in [-0.2, -0.15) is 5.10 Å². The van der Waals surface area contributed by atoms with Crippen LogP contribution in [-0.2, 0) is 6.42 Å². The highest BCUT2D eigenvalue weighted by Crippen LogP contribution is 2.45. The number of methoxy groups -OCH3 is 1. The number of aromatic nitrogens is 2. The van der Waals surface area contributed by atoms with Gasteiger partial charge in [-0.1, -0.05) is 22.0 Å². The summed E-state index contributed by atoms with van der Waals surface area (Å²) in [4.78, 5) is 1.67. The van der Waals surface area contributed by atoms with Crippen molar-refractivity contribution < 1.29 is 17.9 Å². The molecule has 2 heterocycles. The molecule has 0 aliphatic carbocycles. The number of benzene rings is 2. The van der Waals surface area contributed by atoms with Gasteiger partial charge in [0, 0.05) is 22.8 Å². The molecule has 1 aliphatic rings. The molecule has 4 nitrogen and oxygen atoms in total. The number of ether oxygens (including phenoxy) is 1. The van der Waals surface area contributed by atoms with Crippen molar-refractivity contribution in [1.82, 2.24) is 15.1 Å². The Morgan fingerprint density at radius 2 is 2.10 bits per heavy atom. The molecule has 0 fully saturated rings. The molecule has 2 aromatic carbocycles. The maximum atomic E-state index is 15.2. The van der Waals surface area contributed by atoms with Crippen molar-refractivity contribution in [3.05, 3.63) is 57.4 Å². The Morgan fingerprint density at radius 3 is 2.79 bits per heavy atom. The molecule has 0 amide bonds. The second-order valence-corrected chi connectivity index (χ2v) is 8.58. The predicted molar refractivity (Wildman–Crippen MR) is 109 cm³/mol. The Kier molecular flexibility index (Phi) is 5.11. The van der Waals surface area contributed by atoms with E-state index in [2.05, 4.69) is 26.1 Å². The van der Waals surface area contributed by atoms with Gasteiger partial charge in [0.2, 0.25) is 0 Å². The van der Waals surface area contributed by atoms with Crippen LogP contribution in [0.3, 0.4) is 0 Å². The van der Waals surface area contributed by atoms with E-state index in [0.29, 0.717) is 16.6 Å². The smallest absolute Gasteiger partial charge is 0.257 e. The van der Waals surface area contributed by atoms with E-state index < -0.39 is 24.3 Å². The SMILES string of the molecule is COc1cc(Br)cc(F)c1C1c2ccc3[nH]ncc3c2C[C@@H](C)N1CC(C)(F)F. The molecule has 8 heteroatoms. The lowest BCUT2D eigenvalue weighted by atomic mass is 9.83. The van der Waals surface area contributed by atoms with Crippen molar-refractivity contribution >= 4 is 26.8 Å². The van der Waals surface area contributed by atoms with Crippen LogP contribution < -0.4 is 4.74 Å². The van der Waals surface area contributed by atoms with Crippen LogP contribution in [0.4, 0.5) is 13.2 Å². The van der Waals surface area contributed by atoms with Gasteiger partial charge in [0.1, 0.15) is 11.6 Å². The highest BCUT2D eigenvalue weighted by Gasteiger charge is 2.41. The van der Waals surface area contributed by atoms with Gasteiger partial charge in [-0.15, -0.1) is 0 Å². The molecule has 29 heavy (non-hydrogen) atoms. The third kappa shape index (κ3) is 3.64. The Morgan fingerprint density at radius 1 is 1.34 bits per heavy atom. The van der Waals surface area contributed by atoms with Crippen molar-refractivity contribution in [3.8, 4) is 5.75 Å². The van der Waals surface area contributed by atoms with Crippen LogP contribution in [0.15, 0.2) is 34.9 Å². The first-order valence-electron chi connectivity index (χ1n) is 9.31. The number of fused-ring (bicyclic) bond motifs is 3. The largest absolute Gasteiger partial charge is 0.496 e. The molecule has 0 saturated heterocycles. The van der Waals surface area contributed by atoms with Gasteiger partial charge in [0.15, 0.2) is 0 Å². The first kappa shape index (κ1) is 20.2. The monoisotopic (exact) mass is 467 g/mol. The topological polar surface area (TPSA) is 41.1 Å². The summed E-state index contributed by atoms with van der Waals surface area (Å²) in [5.41, 5.74) is 2.91. The molecule has 3 aromatic rings. The summed E-state index contributed by atoms with van der Waals surface area (Å²) in [6.07, 6.45) is 2.30. The zero-order valence-electron chi connectivity index (χ0n) is 16.3. The summed E-state index contributed by atoms with van der Waals surface area (Å²) in [6, 6.07) is 5.79. The molecular weight excluding hydrogens is 447 g/mol. The number of hydrogen-bond acceptors (Lipinski definition) is 3. The fourth-order valence-corrected chi connectivity index (χ4v) is 4.72. The predicted octanol–water partition coefficient (Wildman–Crippen LogP) is 5.46. The molecular formula is C21H21BrF3N3O. The van der Waals surface area contributed by atoms with Crippen LogP contribution in [0.25, 0.3) is 10.9 Å². The van der Waals surface area contributed by atoms with Crippen LogP contribution in [0.5, 0.6) is 5.75 Å². The molecule has 1 N–H and O–H groups in total. The molecule has 0 radical (unpaired) electrons. The maximum absolute atomic E-state index is 15.2. The van der Waals surface area contributed by atoms with Crippen LogP contribution in [0.1, 0.15) is 36.6 Å².